The Hall–Kier alpha value is -5.11. The fourth-order valence-corrected chi connectivity index (χ4v) is 3.67. The quantitative estimate of drug-likeness (QED) is 0.0926. The van der Waals surface area contributed by atoms with E-state index in [1.807, 2.05) is 36.4 Å². The van der Waals surface area contributed by atoms with E-state index in [0.29, 0.717) is 23.3 Å². The molecule has 0 fully saturated rings. The molecule has 0 saturated carbocycles. The number of allylic oxidation sites excluding steroid dienone is 1. The summed E-state index contributed by atoms with van der Waals surface area (Å²) in [6, 6.07) is 16.0. The number of benzene rings is 3. The first-order valence-corrected chi connectivity index (χ1v) is 11.9. The van der Waals surface area contributed by atoms with Crippen LogP contribution in [0.25, 0.3) is 6.08 Å². The van der Waals surface area contributed by atoms with Crippen LogP contribution in [-0.2, 0) is 23.9 Å². The van der Waals surface area contributed by atoms with Crippen molar-refractivity contribution in [1.82, 2.24) is 5.32 Å². The third kappa shape index (κ3) is 7.48. The first kappa shape index (κ1) is 29.4. The maximum atomic E-state index is 13.1. The van der Waals surface area contributed by atoms with E-state index in [9.17, 15) is 33.3 Å². The molecule has 0 radical (unpaired) electrons. The van der Waals surface area contributed by atoms with Crippen molar-refractivity contribution >= 4 is 17.7 Å². The van der Waals surface area contributed by atoms with Gasteiger partial charge in [0.05, 0.1) is 17.1 Å². The number of amides is 1. The summed E-state index contributed by atoms with van der Waals surface area (Å²) in [5.41, 5.74) is -0.621. The number of nitriles is 1. The molecule has 3 aromatic rings. The van der Waals surface area contributed by atoms with E-state index >= 15 is 0 Å². The van der Waals surface area contributed by atoms with E-state index in [1.165, 1.54) is 18.2 Å². The predicted molar refractivity (Wildman–Crippen MR) is 142 cm³/mol. The zero-order valence-corrected chi connectivity index (χ0v) is 21.3. The molecule has 40 heavy (non-hydrogen) atoms. The minimum atomic E-state index is -4.78. The van der Waals surface area contributed by atoms with Crippen molar-refractivity contribution in [2.45, 2.75) is 26.1 Å². The lowest BCUT2D eigenvalue weighted by Crippen LogP contribution is -2.23. The van der Waals surface area contributed by atoms with Crippen LogP contribution in [0.15, 0.2) is 78.9 Å². The number of hydrogen-bond donors (Lipinski definition) is 1. The number of hydrogen-bond acceptors (Lipinski definition) is 6. The highest BCUT2D eigenvalue weighted by Crippen LogP contribution is 2.42. The van der Waals surface area contributed by atoms with Crippen molar-refractivity contribution in [3.63, 3.8) is 0 Å². The standard InChI is InChI=1S/C29H24F3N3O5/c1-3-8-21-13-20(14-22(17-33)28(36)34-18-19-9-6-5-7-10-19)15-26(39-4-2)27(21)40-25-12-11-23(29(30,31)32)16-24(25)35(37)38/h3,5-7,9-16H,1,4,8,18H2,2H3,(H,34,36)/b22-14+. The molecular formula is C29H24F3N3O5. The summed E-state index contributed by atoms with van der Waals surface area (Å²) in [5, 5.41) is 23.9. The molecule has 0 unspecified atom stereocenters. The summed E-state index contributed by atoms with van der Waals surface area (Å²) in [4.78, 5) is 23.3. The maximum absolute atomic E-state index is 13.1. The highest BCUT2D eigenvalue weighted by molar-refractivity contribution is 6.01. The van der Waals surface area contributed by atoms with Gasteiger partial charge in [0.2, 0.25) is 5.75 Å². The largest absolute Gasteiger partial charge is 0.490 e. The van der Waals surface area contributed by atoms with E-state index in [-0.39, 0.29) is 36.6 Å². The van der Waals surface area contributed by atoms with Crippen molar-refractivity contribution in [3.8, 4) is 23.3 Å². The molecule has 3 aromatic carbocycles. The number of carbonyl (C=O) groups is 1. The van der Waals surface area contributed by atoms with E-state index in [4.69, 9.17) is 9.47 Å². The topological polar surface area (TPSA) is 114 Å². The molecule has 3 rings (SSSR count). The molecule has 0 atom stereocenters. The second-order valence-corrected chi connectivity index (χ2v) is 8.31. The van der Waals surface area contributed by atoms with Gasteiger partial charge >= 0.3 is 11.9 Å². The molecule has 11 heteroatoms. The Morgan fingerprint density at radius 2 is 1.88 bits per heavy atom. The van der Waals surface area contributed by atoms with Gasteiger partial charge in [-0.1, -0.05) is 36.4 Å². The molecule has 0 spiro atoms. The lowest BCUT2D eigenvalue weighted by atomic mass is 10.0. The molecule has 0 aliphatic carbocycles. The van der Waals surface area contributed by atoms with Crippen molar-refractivity contribution in [2.75, 3.05) is 6.61 Å². The van der Waals surface area contributed by atoms with Gasteiger partial charge in [0.1, 0.15) is 11.6 Å². The van der Waals surface area contributed by atoms with Crippen molar-refractivity contribution < 1.29 is 32.4 Å². The Morgan fingerprint density at radius 1 is 1.15 bits per heavy atom. The van der Waals surface area contributed by atoms with E-state index < -0.39 is 34.0 Å². The average molecular weight is 552 g/mol. The normalized spacial score (nSPS) is 11.3. The van der Waals surface area contributed by atoms with Crippen LogP contribution in [0.1, 0.15) is 29.2 Å². The number of nitrogens with one attached hydrogen (secondary N) is 1. The third-order valence-electron chi connectivity index (χ3n) is 5.49. The number of nitrogens with zero attached hydrogens (tertiary/aromatic N) is 2. The molecule has 1 amide bonds. The van der Waals surface area contributed by atoms with Crippen LogP contribution in [0, 0.1) is 21.4 Å². The highest BCUT2D eigenvalue weighted by Gasteiger charge is 2.33. The number of nitro benzene ring substituents is 1. The Labute approximate surface area is 228 Å². The van der Waals surface area contributed by atoms with Crippen molar-refractivity contribution in [3.05, 3.63) is 111 Å². The number of rotatable bonds is 11. The molecule has 0 heterocycles. The Balaban J connectivity index is 2.02. The van der Waals surface area contributed by atoms with E-state index in [1.54, 1.807) is 13.0 Å². The van der Waals surface area contributed by atoms with Gasteiger partial charge < -0.3 is 14.8 Å². The smallest absolute Gasteiger partial charge is 0.416 e. The molecule has 8 nitrogen and oxygen atoms in total. The number of nitro groups is 1. The zero-order chi connectivity index (χ0) is 29.3. The number of halogens is 3. The molecular weight excluding hydrogens is 527 g/mol. The number of carbonyl (C=O) groups excluding carboxylic acids is 1. The summed E-state index contributed by atoms with van der Waals surface area (Å²) in [7, 11) is 0. The van der Waals surface area contributed by atoms with E-state index in [0.717, 1.165) is 11.6 Å². The molecule has 0 aliphatic rings. The van der Waals surface area contributed by atoms with Crippen LogP contribution in [0.3, 0.4) is 0 Å². The summed E-state index contributed by atoms with van der Waals surface area (Å²) in [6.45, 7) is 5.73. The molecule has 206 valence electrons. The summed E-state index contributed by atoms with van der Waals surface area (Å²) in [5.74, 6) is -0.904. The van der Waals surface area contributed by atoms with Gasteiger partial charge in [0.15, 0.2) is 11.5 Å². The number of ether oxygens (including phenoxy) is 2. The van der Waals surface area contributed by atoms with Crippen molar-refractivity contribution in [1.29, 1.82) is 5.26 Å². The fraction of sp³-hybridized carbons (Fsp3) is 0.172. The second-order valence-electron chi connectivity index (χ2n) is 8.31. The molecule has 0 aromatic heterocycles. The van der Waals surface area contributed by atoms with E-state index in [2.05, 4.69) is 11.9 Å². The van der Waals surface area contributed by atoms with Gasteiger partial charge in [-0.3, -0.25) is 14.9 Å². The first-order valence-electron chi connectivity index (χ1n) is 11.9. The molecule has 0 aliphatic heterocycles. The zero-order valence-electron chi connectivity index (χ0n) is 21.3. The van der Waals surface area contributed by atoms with Gasteiger partial charge in [-0.2, -0.15) is 18.4 Å². The lowest BCUT2D eigenvalue weighted by Gasteiger charge is -2.17. The Kier molecular flexibility index (Phi) is 9.65. The van der Waals surface area contributed by atoms with Crippen molar-refractivity contribution in [2.24, 2.45) is 0 Å². The van der Waals surface area contributed by atoms with Crippen LogP contribution in [0.2, 0.25) is 0 Å². The maximum Gasteiger partial charge on any atom is 0.416 e. The summed E-state index contributed by atoms with van der Waals surface area (Å²) >= 11 is 0. The highest BCUT2D eigenvalue weighted by atomic mass is 19.4. The SMILES string of the molecule is C=CCc1cc(/C=C(\C#N)C(=O)NCc2ccccc2)cc(OCC)c1Oc1ccc(C(F)(F)F)cc1[N+](=O)[O-]. The van der Waals surface area contributed by atoms with Gasteiger partial charge in [0, 0.05) is 18.2 Å². The van der Waals surface area contributed by atoms with Crippen LogP contribution in [-0.4, -0.2) is 17.4 Å². The van der Waals surface area contributed by atoms with Gasteiger partial charge in [0.25, 0.3) is 5.91 Å². The minimum absolute atomic E-state index is 0.0220. The Morgan fingerprint density at radius 3 is 2.48 bits per heavy atom. The first-order chi connectivity index (χ1) is 19.1. The van der Waals surface area contributed by atoms with Gasteiger partial charge in [-0.25, -0.2) is 0 Å². The summed E-state index contributed by atoms with van der Waals surface area (Å²) < 4.78 is 50.9. The second kappa shape index (κ2) is 13.1. The monoisotopic (exact) mass is 551 g/mol. The fourth-order valence-electron chi connectivity index (χ4n) is 3.67. The Bertz CT molecular complexity index is 1480. The minimum Gasteiger partial charge on any atom is -0.490 e. The van der Waals surface area contributed by atoms with Crippen LogP contribution in [0.4, 0.5) is 18.9 Å². The molecule has 0 saturated heterocycles. The van der Waals surface area contributed by atoms with Gasteiger partial charge in [-0.15, -0.1) is 6.58 Å². The molecule has 0 bridgehead atoms. The number of alkyl halides is 3. The molecule has 1 N–H and O–H groups in total. The third-order valence-corrected chi connectivity index (χ3v) is 5.49. The lowest BCUT2D eigenvalue weighted by molar-refractivity contribution is -0.385. The summed E-state index contributed by atoms with van der Waals surface area (Å²) in [6.07, 6.45) is -1.74. The van der Waals surface area contributed by atoms with Crippen LogP contribution in [0.5, 0.6) is 17.2 Å². The van der Waals surface area contributed by atoms with Crippen LogP contribution >= 0.6 is 0 Å². The van der Waals surface area contributed by atoms with Gasteiger partial charge in [-0.05, 0) is 54.8 Å². The van der Waals surface area contributed by atoms with Crippen LogP contribution < -0.4 is 14.8 Å². The predicted octanol–water partition coefficient (Wildman–Crippen LogP) is 6.76. The average Bonchev–Trinajstić information content (AvgIpc) is 2.92.